The van der Waals surface area contributed by atoms with Crippen LogP contribution in [0.1, 0.15) is 22.1 Å². The number of aryl methyl sites for hydroxylation is 1. The van der Waals surface area contributed by atoms with Gasteiger partial charge in [0.05, 0.1) is 6.42 Å². The Morgan fingerprint density at radius 3 is 2.83 bits per heavy atom. The summed E-state index contributed by atoms with van der Waals surface area (Å²) in [5.74, 6) is 1.06. The number of thioether (sulfide) groups is 1. The molecule has 0 aliphatic carbocycles. The Kier molecular flexibility index (Phi) is 5.20. The molecule has 0 aromatic heterocycles. The minimum atomic E-state index is -0.0305. The molecule has 0 saturated carbocycles. The van der Waals surface area contributed by atoms with E-state index >= 15 is 0 Å². The third-order valence-electron chi connectivity index (χ3n) is 3.88. The van der Waals surface area contributed by atoms with Gasteiger partial charge in [-0.3, -0.25) is 4.79 Å². The number of rotatable bonds is 3. The SMILES string of the molecule is Cc1cccc(CC(=O)N2CCSC2c2ccc(Cl)cc2Cl)c1. The van der Waals surface area contributed by atoms with Gasteiger partial charge in [0.2, 0.25) is 5.91 Å². The molecule has 1 heterocycles. The number of benzene rings is 2. The van der Waals surface area contributed by atoms with Gasteiger partial charge < -0.3 is 4.90 Å². The number of carbonyl (C=O) groups is 1. The van der Waals surface area contributed by atoms with Crippen molar-refractivity contribution in [3.05, 3.63) is 69.2 Å². The van der Waals surface area contributed by atoms with Gasteiger partial charge in [-0.1, -0.05) is 59.1 Å². The molecule has 0 spiro atoms. The second-order valence-corrected chi connectivity index (χ2v) is 7.67. The highest BCUT2D eigenvalue weighted by Gasteiger charge is 2.31. The highest BCUT2D eigenvalue weighted by molar-refractivity contribution is 7.99. The third kappa shape index (κ3) is 3.85. The molecule has 5 heteroatoms. The molecule has 1 aliphatic rings. The van der Waals surface area contributed by atoms with Gasteiger partial charge in [-0.2, -0.15) is 0 Å². The van der Waals surface area contributed by atoms with E-state index in [9.17, 15) is 4.79 Å². The smallest absolute Gasteiger partial charge is 0.228 e. The van der Waals surface area contributed by atoms with E-state index < -0.39 is 0 Å². The fourth-order valence-corrected chi connectivity index (χ4v) is 4.67. The van der Waals surface area contributed by atoms with Crippen molar-refractivity contribution in [3.8, 4) is 0 Å². The van der Waals surface area contributed by atoms with Crippen molar-refractivity contribution in [1.29, 1.82) is 0 Å². The Morgan fingerprint density at radius 1 is 1.26 bits per heavy atom. The van der Waals surface area contributed by atoms with Crippen molar-refractivity contribution in [2.45, 2.75) is 18.7 Å². The van der Waals surface area contributed by atoms with Crippen LogP contribution in [0.15, 0.2) is 42.5 Å². The maximum absolute atomic E-state index is 12.7. The standard InChI is InChI=1S/C18H17Cl2NOS/c1-12-3-2-4-13(9-12)10-17(22)21-7-8-23-18(21)15-6-5-14(19)11-16(15)20/h2-6,9,11,18H,7-8,10H2,1H3. The molecule has 1 amide bonds. The molecule has 3 rings (SSSR count). The number of nitrogens with zero attached hydrogens (tertiary/aromatic N) is 1. The summed E-state index contributed by atoms with van der Waals surface area (Å²) in [6.45, 7) is 2.79. The first-order valence-electron chi connectivity index (χ1n) is 7.46. The van der Waals surface area contributed by atoms with Crippen LogP contribution in [0.2, 0.25) is 10.0 Å². The van der Waals surface area contributed by atoms with E-state index in [1.165, 1.54) is 5.56 Å². The van der Waals surface area contributed by atoms with Crippen molar-refractivity contribution >= 4 is 40.9 Å². The lowest BCUT2D eigenvalue weighted by atomic mass is 10.1. The topological polar surface area (TPSA) is 20.3 Å². The number of hydrogen-bond acceptors (Lipinski definition) is 2. The van der Waals surface area contributed by atoms with Crippen LogP contribution in [0.3, 0.4) is 0 Å². The Balaban J connectivity index is 1.79. The first-order chi connectivity index (χ1) is 11.0. The third-order valence-corrected chi connectivity index (χ3v) is 5.68. The lowest BCUT2D eigenvalue weighted by Gasteiger charge is -2.25. The molecule has 1 fully saturated rings. The maximum atomic E-state index is 12.7. The summed E-state index contributed by atoms with van der Waals surface area (Å²) in [7, 11) is 0. The van der Waals surface area contributed by atoms with E-state index in [0.717, 1.165) is 23.4 Å². The normalized spacial score (nSPS) is 17.5. The summed E-state index contributed by atoms with van der Waals surface area (Å²) in [6, 6.07) is 13.6. The molecule has 1 unspecified atom stereocenters. The summed E-state index contributed by atoms with van der Waals surface area (Å²) in [5.41, 5.74) is 3.17. The fourth-order valence-electron chi connectivity index (χ4n) is 2.78. The van der Waals surface area contributed by atoms with E-state index in [0.29, 0.717) is 16.5 Å². The average molecular weight is 366 g/mol. The number of carbonyl (C=O) groups excluding carboxylic acids is 1. The van der Waals surface area contributed by atoms with Crippen LogP contribution in [0.25, 0.3) is 0 Å². The summed E-state index contributed by atoms with van der Waals surface area (Å²) >= 11 is 14.0. The Morgan fingerprint density at radius 2 is 2.09 bits per heavy atom. The Bertz CT molecular complexity index is 735. The highest BCUT2D eigenvalue weighted by atomic mass is 35.5. The predicted molar refractivity (Wildman–Crippen MR) is 98.3 cm³/mol. The summed E-state index contributed by atoms with van der Waals surface area (Å²) in [6.07, 6.45) is 0.421. The lowest BCUT2D eigenvalue weighted by Crippen LogP contribution is -2.31. The molecule has 0 radical (unpaired) electrons. The lowest BCUT2D eigenvalue weighted by molar-refractivity contribution is -0.130. The number of amides is 1. The molecule has 2 aromatic carbocycles. The van der Waals surface area contributed by atoms with Crippen molar-refractivity contribution in [3.63, 3.8) is 0 Å². The zero-order chi connectivity index (χ0) is 16.4. The van der Waals surface area contributed by atoms with Gasteiger partial charge in [-0.05, 0) is 24.6 Å². The second kappa shape index (κ2) is 7.16. The minimum Gasteiger partial charge on any atom is -0.325 e. The summed E-state index contributed by atoms with van der Waals surface area (Å²) in [4.78, 5) is 14.7. The van der Waals surface area contributed by atoms with Gasteiger partial charge >= 0.3 is 0 Å². The maximum Gasteiger partial charge on any atom is 0.228 e. The van der Waals surface area contributed by atoms with Crippen LogP contribution in [-0.2, 0) is 11.2 Å². The molecule has 23 heavy (non-hydrogen) atoms. The predicted octanol–water partition coefficient (Wildman–Crippen LogP) is 5.12. The molecule has 0 N–H and O–H groups in total. The molecular weight excluding hydrogens is 349 g/mol. The molecule has 1 atom stereocenters. The van der Waals surface area contributed by atoms with Gasteiger partial charge in [0.15, 0.2) is 0 Å². The Hall–Kier alpha value is -1.16. The van der Waals surface area contributed by atoms with Gasteiger partial charge in [0, 0.05) is 27.9 Å². The van der Waals surface area contributed by atoms with Gasteiger partial charge in [0.25, 0.3) is 0 Å². The second-order valence-electron chi connectivity index (χ2n) is 5.64. The fraction of sp³-hybridized carbons (Fsp3) is 0.278. The zero-order valence-electron chi connectivity index (χ0n) is 12.8. The molecular formula is C18H17Cl2NOS. The first kappa shape index (κ1) is 16.7. The molecule has 120 valence electrons. The van der Waals surface area contributed by atoms with Crippen molar-refractivity contribution in [2.24, 2.45) is 0 Å². The zero-order valence-corrected chi connectivity index (χ0v) is 15.1. The summed E-state index contributed by atoms with van der Waals surface area (Å²) in [5, 5.41) is 1.20. The minimum absolute atomic E-state index is 0.0305. The summed E-state index contributed by atoms with van der Waals surface area (Å²) < 4.78 is 0. The van der Waals surface area contributed by atoms with Crippen LogP contribution in [0.4, 0.5) is 0 Å². The van der Waals surface area contributed by atoms with E-state index in [1.807, 2.05) is 42.2 Å². The van der Waals surface area contributed by atoms with E-state index in [4.69, 9.17) is 23.2 Å². The highest BCUT2D eigenvalue weighted by Crippen LogP contribution is 2.41. The quantitative estimate of drug-likeness (QED) is 0.752. The van der Waals surface area contributed by atoms with E-state index in [1.54, 1.807) is 17.8 Å². The molecule has 2 nitrogen and oxygen atoms in total. The molecule has 1 aliphatic heterocycles. The first-order valence-corrected chi connectivity index (χ1v) is 9.26. The van der Waals surface area contributed by atoms with Crippen molar-refractivity contribution in [2.75, 3.05) is 12.3 Å². The Labute approximate surface area is 150 Å². The largest absolute Gasteiger partial charge is 0.325 e. The van der Waals surface area contributed by atoms with Crippen LogP contribution < -0.4 is 0 Å². The molecule has 2 aromatic rings. The van der Waals surface area contributed by atoms with Gasteiger partial charge in [-0.25, -0.2) is 0 Å². The average Bonchev–Trinajstić information content (AvgIpc) is 2.96. The van der Waals surface area contributed by atoms with E-state index in [-0.39, 0.29) is 11.3 Å². The molecule has 1 saturated heterocycles. The van der Waals surface area contributed by atoms with Gasteiger partial charge in [-0.15, -0.1) is 11.8 Å². The van der Waals surface area contributed by atoms with Crippen LogP contribution in [0, 0.1) is 6.92 Å². The van der Waals surface area contributed by atoms with Crippen LogP contribution >= 0.6 is 35.0 Å². The molecule has 0 bridgehead atoms. The van der Waals surface area contributed by atoms with Crippen LogP contribution in [-0.4, -0.2) is 23.1 Å². The van der Waals surface area contributed by atoms with Gasteiger partial charge in [0.1, 0.15) is 5.37 Å². The number of hydrogen-bond donors (Lipinski definition) is 0. The van der Waals surface area contributed by atoms with Crippen molar-refractivity contribution < 1.29 is 4.79 Å². The van der Waals surface area contributed by atoms with E-state index in [2.05, 4.69) is 6.07 Å². The monoisotopic (exact) mass is 365 g/mol. The number of halogens is 2. The van der Waals surface area contributed by atoms with Crippen molar-refractivity contribution in [1.82, 2.24) is 4.90 Å². The van der Waals surface area contributed by atoms with Crippen LogP contribution in [0.5, 0.6) is 0 Å².